The molecule has 126 valence electrons. The van der Waals surface area contributed by atoms with Gasteiger partial charge >= 0.3 is 0 Å². The van der Waals surface area contributed by atoms with E-state index in [1.165, 1.54) is 25.0 Å². The molecule has 0 radical (unpaired) electrons. The van der Waals surface area contributed by atoms with Gasteiger partial charge in [0.2, 0.25) is 0 Å². The maximum atomic E-state index is 13.8. The minimum Gasteiger partial charge on any atom is -0.463 e. The summed E-state index contributed by atoms with van der Waals surface area (Å²) in [6.45, 7) is 0.913. The maximum absolute atomic E-state index is 13.8. The first-order chi connectivity index (χ1) is 11.7. The van der Waals surface area contributed by atoms with Crippen LogP contribution in [0.3, 0.4) is 0 Å². The fraction of sp³-hybridized carbons (Fsp3) is 0.421. The SMILES string of the molecule is O=C(NC1C[C@H]2CC[C@@H](C1)[NH+]2Cc1ccco1)c1ccccc1F. The van der Waals surface area contributed by atoms with Crippen LogP contribution in [-0.2, 0) is 6.54 Å². The molecule has 2 fully saturated rings. The fourth-order valence-electron chi connectivity index (χ4n) is 4.36. The molecule has 2 saturated heterocycles. The molecule has 0 saturated carbocycles. The lowest BCUT2D eigenvalue weighted by molar-refractivity contribution is -0.955. The number of carbonyl (C=O) groups excluding carboxylic acids is 1. The normalized spacial score (nSPS) is 28.7. The number of hydrogen-bond donors (Lipinski definition) is 2. The number of hydrogen-bond acceptors (Lipinski definition) is 2. The zero-order valence-electron chi connectivity index (χ0n) is 13.5. The van der Waals surface area contributed by atoms with Gasteiger partial charge in [-0.05, 0) is 24.3 Å². The third-order valence-electron chi connectivity index (χ3n) is 5.46. The van der Waals surface area contributed by atoms with Crippen molar-refractivity contribution in [3.05, 3.63) is 59.8 Å². The van der Waals surface area contributed by atoms with Gasteiger partial charge in [-0.2, -0.15) is 0 Å². The van der Waals surface area contributed by atoms with Gasteiger partial charge in [0.1, 0.15) is 12.4 Å². The summed E-state index contributed by atoms with van der Waals surface area (Å²) in [6, 6.07) is 11.3. The number of halogens is 1. The Hall–Kier alpha value is -2.14. The lowest BCUT2D eigenvalue weighted by Gasteiger charge is -2.36. The van der Waals surface area contributed by atoms with Crippen LogP contribution >= 0.6 is 0 Å². The van der Waals surface area contributed by atoms with Crippen LogP contribution in [0.2, 0.25) is 0 Å². The van der Waals surface area contributed by atoms with E-state index in [2.05, 4.69) is 5.32 Å². The molecule has 2 N–H and O–H groups in total. The molecule has 2 bridgehead atoms. The number of amides is 1. The Morgan fingerprint density at radius 1 is 1.17 bits per heavy atom. The molecule has 1 amide bonds. The number of quaternary nitrogens is 1. The summed E-state index contributed by atoms with van der Waals surface area (Å²) >= 11 is 0. The number of furan rings is 1. The number of nitrogens with one attached hydrogen (secondary N) is 2. The molecular formula is C19H22FN2O2+. The number of benzene rings is 1. The summed E-state index contributed by atoms with van der Waals surface area (Å²) in [7, 11) is 0. The molecule has 4 nitrogen and oxygen atoms in total. The Morgan fingerprint density at radius 2 is 1.92 bits per heavy atom. The van der Waals surface area contributed by atoms with Crippen molar-refractivity contribution in [2.75, 3.05) is 0 Å². The fourth-order valence-corrected chi connectivity index (χ4v) is 4.36. The van der Waals surface area contributed by atoms with Crippen LogP contribution in [0.1, 0.15) is 41.8 Å². The van der Waals surface area contributed by atoms with Crippen molar-refractivity contribution in [2.45, 2.75) is 50.4 Å². The topological polar surface area (TPSA) is 46.7 Å². The van der Waals surface area contributed by atoms with Crippen LogP contribution in [-0.4, -0.2) is 24.0 Å². The van der Waals surface area contributed by atoms with E-state index in [-0.39, 0.29) is 17.5 Å². The Bertz CT molecular complexity index is 702. The highest BCUT2D eigenvalue weighted by molar-refractivity contribution is 5.94. The van der Waals surface area contributed by atoms with Gasteiger partial charge in [0, 0.05) is 31.7 Å². The Morgan fingerprint density at radius 3 is 2.58 bits per heavy atom. The van der Waals surface area contributed by atoms with E-state index < -0.39 is 5.82 Å². The second kappa shape index (κ2) is 6.40. The van der Waals surface area contributed by atoms with E-state index in [1.54, 1.807) is 23.3 Å². The van der Waals surface area contributed by atoms with Crippen LogP contribution in [0.25, 0.3) is 0 Å². The molecule has 5 heteroatoms. The van der Waals surface area contributed by atoms with Crippen molar-refractivity contribution in [1.82, 2.24) is 5.32 Å². The van der Waals surface area contributed by atoms with Gasteiger partial charge in [-0.25, -0.2) is 4.39 Å². The third-order valence-corrected chi connectivity index (χ3v) is 5.46. The highest BCUT2D eigenvalue weighted by atomic mass is 19.1. The second-order valence-corrected chi connectivity index (χ2v) is 6.92. The molecule has 3 heterocycles. The zero-order chi connectivity index (χ0) is 16.5. The molecule has 2 aliphatic rings. The van der Waals surface area contributed by atoms with Crippen LogP contribution in [0, 0.1) is 5.82 Å². The molecule has 0 aliphatic carbocycles. The molecule has 24 heavy (non-hydrogen) atoms. The molecule has 1 aromatic heterocycles. The standard InChI is InChI=1S/C19H21FN2O2/c20-18-6-2-1-5-17(18)19(23)21-13-10-14-7-8-15(11-13)22(14)12-16-4-3-9-24-16/h1-6,9,13-15H,7-8,10-12H2,(H,21,23)/p+1/t13?,14-,15+. The number of fused-ring (bicyclic) bond motifs is 2. The number of carbonyl (C=O) groups is 1. The highest BCUT2D eigenvalue weighted by Crippen LogP contribution is 2.24. The first-order valence-corrected chi connectivity index (χ1v) is 8.64. The van der Waals surface area contributed by atoms with Crippen LogP contribution in [0.5, 0.6) is 0 Å². The van der Waals surface area contributed by atoms with Crippen molar-refractivity contribution in [3.8, 4) is 0 Å². The number of piperidine rings is 1. The Kier molecular flexibility index (Phi) is 4.10. The van der Waals surface area contributed by atoms with Crippen LogP contribution in [0.4, 0.5) is 4.39 Å². The third kappa shape index (κ3) is 2.96. The quantitative estimate of drug-likeness (QED) is 0.900. The van der Waals surface area contributed by atoms with Crippen molar-refractivity contribution >= 4 is 5.91 Å². The predicted molar refractivity (Wildman–Crippen MR) is 87.1 cm³/mol. The molecular weight excluding hydrogens is 307 g/mol. The summed E-state index contributed by atoms with van der Waals surface area (Å²) in [6.07, 6.45) is 6.00. The van der Waals surface area contributed by atoms with Gasteiger partial charge in [-0.1, -0.05) is 12.1 Å². The van der Waals surface area contributed by atoms with Crippen molar-refractivity contribution in [2.24, 2.45) is 0 Å². The lowest BCUT2D eigenvalue weighted by atomic mass is 9.96. The van der Waals surface area contributed by atoms with Gasteiger partial charge in [-0.3, -0.25) is 4.79 Å². The smallest absolute Gasteiger partial charge is 0.254 e. The van der Waals surface area contributed by atoms with E-state index in [9.17, 15) is 9.18 Å². The lowest BCUT2D eigenvalue weighted by Crippen LogP contribution is -3.17. The molecule has 4 atom stereocenters. The van der Waals surface area contributed by atoms with Crippen LogP contribution < -0.4 is 10.2 Å². The average Bonchev–Trinajstić information content (AvgIpc) is 3.15. The van der Waals surface area contributed by atoms with Gasteiger partial charge < -0.3 is 14.6 Å². The monoisotopic (exact) mass is 329 g/mol. The first-order valence-electron chi connectivity index (χ1n) is 8.64. The molecule has 2 unspecified atom stereocenters. The van der Waals surface area contributed by atoms with E-state index in [4.69, 9.17) is 4.42 Å². The zero-order valence-corrected chi connectivity index (χ0v) is 13.5. The van der Waals surface area contributed by atoms with Gasteiger partial charge in [0.05, 0.1) is 23.9 Å². The van der Waals surface area contributed by atoms with Crippen molar-refractivity contribution in [3.63, 3.8) is 0 Å². The molecule has 4 rings (SSSR count). The molecule has 0 spiro atoms. The Balaban J connectivity index is 1.40. The van der Waals surface area contributed by atoms with E-state index >= 15 is 0 Å². The summed E-state index contributed by atoms with van der Waals surface area (Å²) in [5.41, 5.74) is 0.134. The summed E-state index contributed by atoms with van der Waals surface area (Å²) in [5, 5.41) is 3.04. The minimum absolute atomic E-state index is 0.134. The largest absolute Gasteiger partial charge is 0.463 e. The Labute approximate surface area is 140 Å². The van der Waals surface area contributed by atoms with E-state index in [0.717, 1.165) is 25.1 Å². The second-order valence-electron chi connectivity index (χ2n) is 6.92. The molecule has 2 aromatic rings. The van der Waals surface area contributed by atoms with Crippen molar-refractivity contribution < 1.29 is 18.5 Å². The van der Waals surface area contributed by atoms with Crippen LogP contribution in [0.15, 0.2) is 47.1 Å². The summed E-state index contributed by atoms with van der Waals surface area (Å²) < 4.78 is 19.2. The first kappa shape index (κ1) is 15.4. The molecule has 2 aliphatic heterocycles. The molecule has 1 aromatic carbocycles. The van der Waals surface area contributed by atoms with E-state index in [1.807, 2.05) is 12.1 Å². The minimum atomic E-state index is -0.459. The number of rotatable bonds is 4. The van der Waals surface area contributed by atoms with Gasteiger partial charge in [-0.15, -0.1) is 0 Å². The highest BCUT2D eigenvalue weighted by Gasteiger charge is 2.45. The van der Waals surface area contributed by atoms with Gasteiger partial charge in [0.15, 0.2) is 5.76 Å². The summed E-state index contributed by atoms with van der Waals surface area (Å²) in [4.78, 5) is 13.9. The van der Waals surface area contributed by atoms with Gasteiger partial charge in [0.25, 0.3) is 5.91 Å². The predicted octanol–water partition coefficient (Wildman–Crippen LogP) is 1.93. The maximum Gasteiger partial charge on any atom is 0.254 e. The van der Waals surface area contributed by atoms with Crippen molar-refractivity contribution in [1.29, 1.82) is 0 Å². The van der Waals surface area contributed by atoms with E-state index in [0.29, 0.717) is 12.1 Å². The summed E-state index contributed by atoms with van der Waals surface area (Å²) in [5.74, 6) is 0.265. The average molecular weight is 329 g/mol.